The second kappa shape index (κ2) is 14.5. The lowest BCUT2D eigenvalue weighted by atomic mass is 9.98. The van der Waals surface area contributed by atoms with Gasteiger partial charge in [-0.15, -0.1) is 0 Å². The molecule has 188 valence electrons. The molecule has 0 aliphatic rings. The third kappa shape index (κ3) is 8.09. The van der Waals surface area contributed by atoms with Crippen LogP contribution < -0.4 is 9.47 Å². The van der Waals surface area contributed by atoms with E-state index >= 15 is 4.39 Å². The van der Waals surface area contributed by atoms with Crippen LogP contribution >= 0.6 is 0 Å². The maximum Gasteiger partial charge on any atom is 0.167 e. The summed E-state index contributed by atoms with van der Waals surface area (Å²) in [5.74, 6) is -0.202. The lowest BCUT2D eigenvalue weighted by molar-refractivity contribution is 0.304. The van der Waals surface area contributed by atoms with E-state index in [1.807, 2.05) is 24.3 Å². The Labute approximate surface area is 209 Å². The Kier molecular flexibility index (Phi) is 11.1. The Morgan fingerprint density at radius 3 is 1.26 bits per heavy atom. The summed E-state index contributed by atoms with van der Waals surface area (Å²) in [7, 11) is 0. The number of hydrogen-bond donors (Lipinski definition) is 0. The molecule has 0 fully saturated rings. The third-order valence-corrected chi connectivity index (χ3v) is 6.20. The van der Waals surface area contributed by atoms with Gasteiger partial charge in [0.15, 0.2) is 11.6 Å². The van der Waals surface area contributed by atoms with Gasteiger partial charge in [0.2, 0.25) is 0 Å². The summed E-state index contributed by atoms with van der Waals surface area (Å²) in [5, 5.41) is 0. The molecule has 2 nitrogen and oxygen atoms in total. The first-order valence-electron chi connectivity index (χ1n) is 13.1. The predicted octanol–water partition coefficient (Wildman–Crippen LogP) is 9.61. The Hall–Kier alpha value is -2.88. The minimum absolute atomic E-state index is 0.240. The second-order valence-corrected chi connectivity index (χ2v) is 9.01. The van der Waals surface area contributed by atoms with Crippen molar-refractivity contribution in [1.29, 1.82) is 0 Å². The molecule has 0 spiro atoms. The zero-order valence-corrected chi connectivity index (χ0v) is 21.1. The largest absolute Gasteiger partial charge is 0.494 e. The fourth-order valence-corrected chi connectivity index (χ4v) is 4.07. The molecule has 3 rings (SSSR count). The fraction of sp³-hybridized carbons (Fsp3) is 0.419. The summed E-state index contributed by atoms with van der Waals surface area (Å²) >= 11 is 0. The van der Waals surface area contributed by atoms with Crippen LogP contribution in [0.4, 0.5) is 8.78 Å². The number of unbranched alkanes of at least 4 members (excludes halogenated alkanes) is 7. The van der Waals surface area contributed by atoms with Gasteiger partial charge in [0, 0.05) is 11.1 Å². The van der Waals surface area contributed by atoms with Gasteiger partial charge in [-0.2, -0.15) is 0 Å². The summed E-state index contributed by atoms with van der Waals surface area (Å²) in [5.41, 5.74) is 1.72. The van der Waals surface area contributed by atoms with Gasteiger partial charge in [-0.1, -0.05) is 95.2 Å². The van der Waals surface area contributed by atoms with Gasteiger partial charge in [0.1, 0.15) is 11.5 Å². The molecule has 0 saturated heterocycles. The van der Waals surface area contributed by atoms with Crippen molar-refractivity contribution in [2.45, 2.75) is 71.6 Å². The molecule has 0 radical (unpaired) electrons. The lowest BCUT2D eigenvalue weighted by Crippen LogP contribution is -1.98. The number of ether oxygens (including phenoxy) is 2. The molecule has 35 heavy (non-hydrogen) atoms. The van der Waals surface area contributed by atoms with Crippen LogP contribution in [0.3, 0.4) is 0 Å². The third-order valence-electron chi connectivity index (χ3n) is 6.20. The zero-order valence-electron chi connectivity index (χ0n) is 21.1. The quantitative estimate of drug-likeness (QED) is 0.202. The highest BCUT2D eigenvalue weighted by molar-refractivity contribution is 5.72. The molecule has 0 saturated carbocycles. The molecule has 0 aromatic heterocycles. The molecule has 0 bridgehead atoms. The molecule has 0 aliphatic carbocycles. The van der Waals surface area contributed by atoms with Crippen molar-refractivity contribution < 1.29 is 18.3 Å². The lowest BCUT2D eigenvalue weighted by Gasteiger charge is -2.11. The average molecular weight is 481 g/mol. The van der Waals surface area contributed by atoms with Crippen LogP contribution in [0.1, 0.15) is 71.6 Å². The van der Waals surface area contributed by atoms with E-state index in [0.717, 1.165) is 37.2 Å². The van der Waals surface area contributed by atoms with E-state index in [2.05, 4.69) is 13.8 Å². The van der Waals surface area contributed by atoms with Crippen LogP contribution in [0.15, 0.2) is 60.7 Å². The van der Waals surface area contributed by atoms with Gasteiger partial charge in [0.05, 0.1) is 13.2 Å². The van der Waals surface area contributed by atoms with Crippen molar-refractivity contribution in [2.24, 2.45) is 0 Å². The fourth-order valence-electron chi connectivity index (χ4n) is 4.07. The van der Waals surface area contributed by atoms with Crippen molar-refractivity contribution in [1.82, 2.24) is 0 Å². The Bertz CT molecular complexity index is 1010. The van der Waals surface area contributed by atoms with Crippen molar-refractivity contribution in [3.8, 4) is 33.8 Å². The second-order valence-electron chi connectivity index (χ2n) is 9.01. The van der Waals surface area contributed by atoms with Crippen LogP contribution in [0, 0.1) is 11.6 Å². The zero-order chi connectivity index (χ0) is 24.9. The van der Waals surface area contributed by atoms with Gasteiger partial charge in [0.25, 0.3) is 0 Å². The number of hydrogen-bond acceptors (Lipinski definition) is 2. The van der Waals surface area contributed by atoms with Crippen molar-refractivity contribution in [2.75, 3.05) is 13.2 Å². The highest BCUT2D eigenvalue weighted by Gasteiger charge is 2.16. The van der Waals surface area contributed by atoms with Gasteiger partial charge in [-0.25, -0.2) is 8.78 Å². The first kappa shape index (κ1) is 26.7. The molecule has 0 atom stereocenters. The minimum atomic E-state index is -0.844. The van der Waals surface area contributed by atoms with E-state index in [1.165, 1.54) is 32.1 Å². The number of rotatable bonds is 15. The van der Waals surface area contributed by atoms with Crippen molar-refractivity contribution in [3.05, 3.63) is 72.3 Å². The SMILES string of the molecule is CCCCCCCOc1ccc(-c2ccc(-c3ccc(OCCCCCC)cc3)c(F)c2F)cc1. The highest BCUT2D eigenvalue weighted by atomic mass is 19.2. The normalized spacial score (nSPS) is 11.0. The van der Waals surface area contributed by atoms with Crippen LogP contribution in [0.5, 0.6) is 11.5 Å². The molecule has 0 N–H and O–H groups in total. The Morgan fingerprint density at radius 2 is 0.857 bits per heavy atom. The molecule has 3 aromatic carbocycles. The topological polar surface area (TPSA) is 18.5 Å². The van der Waals surface area contributed by atoms with E-state index < -0.39 is 11.6 Å². The smallest absolute Gasteiger partial charge is 0.167 e. The number of benzene rings is 3. The van der Waals surface area contributed by atoms with Gasteiger partial charge in [-0.05, 0) is 48.2 Å². The molecule has 0 heterocycles. The van der Waals surface area contributed by atoms with E-state index in [9.17, 15) is 4.39 Å². The first-order valence-corrected chi connectivity index (χ1v) is 13.1. The minimum Gasteiger partial charge on any atom is -0.494 e. The first-order chi connectivity index (χ1) is 17.1. The summed E-state index contributed by atoms with van der Waals surface area (Å²) in [6.07, 6.45) is 10.5. The van der Waals surface area contributed by atoms with E-state index in [4.69, 9.17) is 9.47 Å². The molecule has 0 amide bonds. The maximum atomic E-state index is 15.0. The molecule has 0 unspecified atom stereocenters. The van der Waals surface area contributed by atoms with Crippen molar-refractivity contribution in [3.63, 3.8) is 0 Å². The van der Waals surface area contributed by atoms with E-state index in [0.29, 0.717) is 24.3 Å². The van der Waals surface area contributed by atoms with Gasteiger partial charge in [-0.3, -0.25) is 0 Å². The Balaban J connectivity index is 1.60. The van der Waals surface area contributed by atoms with Gasteiger partial charge < -0.3 is 9.47 Å². The van der Waals surface area contributed by atoms with Gasteiger partial charge >= 0.3 is 0 Å². The molecule has 3 aromatic rings. The van der Waals surface area contributed by atoms with Crippen LogP contribution in [-0.2, 0) is 0 Å². The Morgan fingerprint density at radius 1 is 0.486 bits per heavy atom. The number of halogens is 2. The predicted molar refractivity (Wildman–Crippen MR) is 141 cm³/mol. The monoisotopic (exact) mass is 480 g/mol. The summed E-state index contributed by atoms with van der Waals surface area (Å²) in [4.78, 5) is 0. The highest BCUT2D eigenvalue weighted by Crippen LogP contribution is 2.33. The maximum absolute atomic E-state index is 15.0. The van der Waals surface area contributed by atoms with E-state index in [-0.39, 0.29) is 11.1 Å². The summed E-state index contributed by atoms with van der Waals surface area (Å²) in [6.45, 7) is 5.71. The van der Waals surface area contributed by atoms with Crippen LogP contribution in [0.2, 0.25) is 0 Å². The molecule has 0 aliphatic heterocycles. The van der Waals surface area contributed by atoms with Crippen LogP contribution in [-0.4, -0.2) is 13.2 Å². The standard InChI is InChI=1S/C31H38F2O2/c1-3-5-7-9-11-23-35-27-18-14-25(15-19-27)29-21-20-28(30(32)31(29)33)24-12-16-26(17-13-24)34-22-10-8-6-4-2/h12-21H,3-11,22-23H2,1-2H3. The van der Waals surface area contributed by atoms with E-state index in [1.54, 1.807) is 36.4 Å². The van der Waals surface area contributed by atoms with Crippen molar-refractivity contribution >= 4 is 0 Å². The summed E-state index contributed by atoms with van der Waals surface area (Å²) < 4.78 is 41.5. The summed E-state index contributed by atoms with van der Waals surface area (Å²) in [6, 6.07) is 17.6. The molecular formula is C31H38F2O2. The molecular weight excluding hydrogens is 442 g/mol. The van der Waals surface area contributed by atoms with Crippen LogP contribution in [0.25, 0.3) is 22.3 Å². The molecule has 4 heteroatoms. The average Bonchev–Trinajstić information content (AvgIpc) is 2.88.